The predicted octanol–water partition coefficient (Wildman–Crippen LogP) is 1.98. The van der Waals surface area contributed by atoms with Crippen molar-refractivity contribution in [3.8, 4) is 0 Å². The zero-order valence-corrected chi connectivity index (χ0v) is 8.10. The van der Waals surface area contributed by atoms with E-state index >= 15 is 0 Å². The maximum Gasteiger partial charge on any atom is 0.474 e. The standard InChI is InChI=1S/C5H13O4P.H3N/c1-4-5-9-10(6,7-2)8-3;/h4-5H2,1-3H3;1H3. The average molecular weight is 185 g/mol. The third-order valence-corrected chi connectivity index (χ3v) is 2.29. The summed E-state index contributed by atoms with van der Waals surface area (Å²) in [6.45, 7) is 2.30. The van der Waals surface area contributed by atoms with E-state index < -0.39 is 7.82 Å². The van der Waals surface area contributed by atoms with Crippen molar-refractivity contribution in [1.82, 2.24) is 6.15 Å². The fourth-order valence-electron chi connectivity index (χ4n) is 0.383. The molecule has 0 rings (SSSR count). The molecule has 0 radical (unpaired) electrons. The van der Waals surface area contributed by atoms with Crippen molar-refractivity contribution in [2.75, 3.05) is 20.8 Å². The number of hydrogen-bond donors (Lipinski definition) is 1. The lowest BCUT2D eigenvalue weighted by atomic mass is 10.5. The van der Waals surface area contributed by atoms with E-state index in [4.69, 9.17) is 4.52 Å². The summed E-state index contributed by atoms with van der Waals surface area (Å²) in [5.74, 6) is 0. The predicted molar refractivity (Wildman–Crippen MR) is 42.9 cm³/mol. The largest absolute Gasteiger partial charge is 0.474 e. The van der Waals surface area contributed by atoms with Crippen molar-refractivity contribution in [2.24, 2.45) is 0 Å². The second-order valence-corrected chi connectivity index (χ2v) is 3.53. The fourth-order valence-corrected chi connectivity index (χ4v) is 1.15. The minimum atomic E-state index is -3.20. The highest BCUT2D eigenvalue weighted by molar-refractivity contribution is 7.48. The van der Waals surface area contributed by atoms with Gasteiger partial charge in [0, 0.05) is 14.2 Å². The van der Waals surface area contributed by atoms with Crippen LogP contribution in [0.3, 0.4) is 0 Å². The van der Waals surface area contributed by atoms with Gasteiger partial charge in [-0.2, -0.15) is 0 Å². The monoisotopic (exact) mass is 185 g/mol. The zero-order valence-electron chi connectivity index (χ0n) is 7.20. The Morgan fingerprint density at radius 3 is 2.00 bits per heavy atom. The highest BCUT2D eigenvalue weighted by Crippen LogP contribution is 2.47. The first-order valence-corrected chi connectivity index (χ1v) is 4.50. The Morgan fingerprint density at radius 2 is 1.73 bits per heavy atom. The zero-order chi connectivity index (χ0) is 8.04. The Balaban J connectivity index is 0. The molecule has 0 aromatic heterocycles. The normalized spacial score (nSPS) is 10.8. The molecule has 0 aromatic carbocycles. The molecule has 0 saturated heterocycles. The Morgan fingerprint density at radius 1 is 1.27 bits per heavy atom. The molecule has 0 bridgehead atoms. The summed E-state index contributed by atoms with van der Waals surface area (Å²) in [5, 5.41) is 0. The first-order valence-electron chi connectivity index (χ1n) is 3.04. The van der Waals surface area contributed by atoms with Gasteiger partial charge in [0.2, 0.25) is 0 Å². The van der Waals surface area contributed by atoms with Gasteiger partial charge in [0.1, 0.15) is 0 Å². The van der Waals surface area contributed by atoms with Gasteiger partial charge >= 0.3 is 7.82 Å². The van der Waals surface area contributed by atoms with E-state index in [2.05, 4.69) is 9.05 Å². The van der Waals surface area contributed by atoms with Crippen LogP contribution in [0.25, 0.3) is 0 Å². The highest BCUT2D eigenvalue weighted by Gasteiger charge is 2.21. The molecular weight excluding hydrogens is 169 g/mol. The maximum absolute atomic E-state index is 11.0. The molecule has 3 N–H and O–H groups in total. The smallest absolute Gasteiger partial charge is 0.344 e. The van der Waals surface area contributed by atoms with Crippen molar-refractivity contribution in [2.45, 2.75) is 13.3 Å². The number of hydrogen-bond acceptors (Lipinski definition) is 5. The van der Waals surface area contributed by atoms with Crippen molar-refractivity contribution in [1.29, 1.82) is 0 Å². The van der Waals surface area contributed by atoms with Crippen LogP contribution < -0.4 is 6.15 Å². The van der Waals surface area contributed by atoms with Crippen LogP contribution in [-0.4, -0.2) is 20.8 Å². The van der Waals surface area contributed by atoms with Gasteiger partial charge in [0.25, 0.3) is 0 Å². The van der Waals surface area contributed by atoms with E-state index in [9.17, 15) is 4.57 Å². The second kappa shape index (κ2) is 6.76. The average Bonchev–Trinajstić information content (AvgIpc) is 2.00. The topological polar surface area (TPSA) is 79.8 Å². The summed E-state index contributed by atoms with van der Waals surface area (Å²) in [4.78, 5) is 0. The summed E-state index contributed by atoms with van der Waals surface area (Å²) in [6, 6.07) is 0. The van der Waals surface area contributed by atoms with E-state index in [-0.39, 0.29) is 6.15 Å². The van der Waals surface area contributed by atoms with Crippen molar-refractivity contribution in [3.05, 3.63) is 0 Å². The molecule has 0 amide bonds. The summed E-state index contributed by atoms with van der Waals surface area (Å²) in [6.07, 6.45) is 0.788. The molecular formula is C5H16NO4P. The van der Waals surface area contributed by atoms with E-state index in [0.717, 1.165) is 6.42 Å². The Kier molecular flexibility index (Phi) is 8.39. The van der Waals surface area contributed by atoms with Crippen LogP contribution in [-0.2, 0) is 18.1 Å². The van der Waals surface area contributed by atoms with Gasteiger partial charge in [0.05, 0.1) is 6.61 Å². The molecule has 0 fully saturated rings. The molecule has 6 heteroatoms. The summed E-state index contributed by atoms with van der Waals surface area (Å²) < 4.78 is 24.8. The number of phosphoric ester groups is 1. The van der Waals surface area contributed by atoms with E-state index in [1.165, 1.54) is 14.2 Å². The molecule has 0 aliphatic heterocycles. The molecule has 0 aromatic rings. The molecule has 0 spiro atoms. The SMILES string of the molecule is CCCOP(=O)(OC)OC.N. The Labute approximate surface area is 67.2 Å². The molecule has 11 heavy (non-hydrogen) atoms. The molecule has 0 aliphatic rings. The lowest BCUT2D eigenvalue weighted by molar-refractivity contribution is 0.152. The van der Waals surface area contributed by atoms with E-state index in [0.29, 0.717) is 6.61 Å². The van der Waals surface area contributed by atoms with Crippen molar-refractivity contribution >= 4 is 7.82 Å². The van der Waals surface area contributed by atoms with Gasteiger partial charge < -0.3 is 6.15 Å². The van der Waals surface area contributed by atoms with Gasteiger partial charge in [0.15, 0.2) is 0 Å². The molecule has 0 unspecified atom stereocenters. The van der Waals surface area contributed by atoms with Crippen LogP contribution in [0.5, 0.6) is 0 Å². The lowest BCUT2D eigenvalue weighted by Gasteiger charge is -2.11. The van der Waals surface area contributed by atoms with Gasteiger partial charge in [-0.1, -0.05) is 6.92 Å². The van der Waals surface area contributed by atoms with Crippen LogP contribution in [0, 0.1) is 0 Å². The van der Waals surface area contributed by atoms with Crippen LogP contribution in [0.1, 0.15) is 13.3 Å². The maximum atomic E-state index is 11.0. The minimum Gasteiger partial charge on any atom is -0.344 e. The summed E-state index contributed by atoms with van der Waals surface area (Å²) in [7, 11) is -0.614. The third kappa shape index (κ3) is 5.35. The van der Waals surface area contributed by atoms with Gasteiger partial charge in [-0.05, 0) is 6.42 Å². The first kappa shape index (κ1) is 13.6. The third-order valence-electron chi connectivity index (χ3n) is 0.901. The minimum absolute atomic E-state index is 0. The molecule has 0 heterocycles. The first-order chi connectivity index (χ1) is 4.68. The second-order valence-electron chi connectivity index (χ2n) is 1.65. The number of phosphoric acid groups is 1. The lowest BCUT2D eigenvalue weighted by Crippen LogP contribution is -1.95. The van der Waals surface area contributed by atoms with Gasteiger partial charge in [-0.15, -0.1) is 0 Å². The van der Waals surface area contributed by atoms with Gasteiger partial charge in [-0.25, -0.2) is 4.57 Å². The van der Waals surface area contributed by atoms with Crippen LogP contribution in [0.4, 0.5) is 0 Å². The van der Waals surface area contributed by atoms with Crippen molar-refractivity contribution < 1.29 is 18.1 Å². The van der Waals surface area contributed by atoms with Crippen LogP contribution in [0.2, 0.25) is 0 Å². The molecule has 0 atom stereocenters. The van der Waals surface area contributed by atoms with Crippen molar-refractivity contribution in [3.63, 3.8) is 0 Å². The molecule has 0 saturated carbocycles. The Bertz CT molecular complexity index is 122. The van der Waals surface area contributed by atoms with E-state index in [1.54, 1.807) is 0 Å². The molecule has 70 valence electrons. The molecule has 0 aliphatic carbocycles. The quantitative estimate of drug-likeness (QED) is 0.662. The Hall–Kier alpha value is 0.0700. The van der Waals surface area contributed by atoms with Gasteiger partial charge in [-0.3, -0.25) is 13.6 Å². The molecule has 5 nitrogen and oxygen atoms in total. The number of rotatable bonds is 5. The van der Waals surface area contributed by atoms with Crippen LogP contribution in [0.15, 0.2) is 0 Å². The summed E-state index contributed by atoms with van der Waals surface area (Å²) >= 11 is 0. The fraction of sp³-hybridized carbons (Fsp3) is 1.00. The summed E-state index contributed by atoms with van der Waals surface area (Å²) in [5.41, 5.74) is 0. The van der Waals surface area contributed by atoms with Crippen LogP contribution >= 0.6 is 7.82 Å². The van der Waals surface area contributed by atoms with E-state index in [1.807, 2.05) is 6.92 Å². The highest BCUT2D eigenvalue weighted by atomic mass is 31.2.